The molecular weight excluding hydrogens is 284 g/mol. The van der Waals surface area contributed by atoms with Crippen LogP contribution in [-0.2, 0) is 4.79 Å². The zero-order chi connectivity index (χ0) is 16.3. The molecule has 2 aromatic carbocycles. The van der Waals surface area contributed by atoms with Crippen molar-refractivity contribution >= 4 is 18.2 Å². The molecule has 0 fully saturated rings. The van der Waals surface area contributed by atoms with Gasteiger partial charge in [-0.15, -0.1) is 0 Å². The van der Waals surface area contributed by atoms with E-state index in [4.69, 9.17) is 0 Å². The number of rotatable bonds is 8. The van der Waals surface area contributed by atoms with Crippen molar-refractivity contribution in [3.63, 3.8) is 0 Å². The second-order valence-corrected chi connectivity index (χ2v) is 5.40. The molecule has 0 aliphatic heterocycles. The van der Waals surface area contributed by atoms with E-state index in [0.717, 1.165) is 24.0 Å². The Hall–Kier alpha value is -2.55. The molecule has 3 nitrogen and oxygen atoms in total. The van der Waals surface area contributed by atoms with Gasteiger partial charge < -0.3 is 0 Å². The van der Waals surface area contributed by atoms with Crippen LogP contribution in [0.4, 0.5) is 0 Å². The van der Waals surface area contributed by atoms with Gasteiger partial charge in [0.25, 0.3) is 0 Å². The van der Waals surface area contributed by atoms with Crippen molar-refractivity contribution in [2.75, 3.05) is 6.54 Å². The van der Waals surface area contributed by atoms with Crippen LogP contribution in [0.25, 0.3) is 0 Å². The van der Waals surface area contributed by atoms with Crippen LogP contribution in [0.2, 0.25) is 0 Å². The Morgan fingerprint density at radius 1 is 0.957 bits per heavy atom. The molecule has 3 heteroatoms. The zero-order valence-electron chi connectivity index (χ0n) is 13.4. The van der Waals surface area contributed by atoms with E-state index in [2.05, 4.69) is 9.98 Å². The number of hydrogen-bond donors (Lipinski definition) is 0. The number of ketones is 1. The predicted octanol–water partition coefficient (Wildman–Crippen LogP) is 3.96. The third kappa shape index (κ3) is 6.39. The molecule has 1 atom stereocenters. The fourth-order valence-electron chi connectivity index (χ4n) is 2.18. The van der Waals surface area contributed by atoms with Crippen LogP contribution in [-0.4, -0.2) is 30.8 Å². The molecule has 0 aromatic heterocycles. The van der Waals surface area contributed by atoms with E-state index in [0.29, 0.717) is 6.54 Å². The Morgan fingerprint density at radius 3 is 2.09 bits per heavy atom. The van der Waals surface area contributed by atoms with Gasteiger partial charge in [-0.05, 0) is 30.9 Å². The summed E-state index contributed by atoms with van der Waals surface area (Å²) < 4.78 is 0. The average Bonchev–Trinajstić information content (AvgIpc) is 2.59. The summed E-state index contributed by atoms with van der Waals surface area (Å²) in [5.41, 5.74) is 2.11. The predicted molar refractivity (Wildman–Crippen MR) is 96.6 cm³/mol. The van der Waals surface area contributed by atoms with Crippen molar-refractivity contribution in [3.8, 4) is 0 Å². The Kier molecular flexibility index (Phi) is 6.92. The second kappa shape index (κ2) is 9.46. The Balaban J connectivity index is 1.80. The summed E-state index contributed by atoms with van der Waals surface area (Å²) in [5.74, 6) is 0.101. The molecular formula is C20H22N2O. The van der Waals surface area contributed by atoms with E-state index >= 15 is 0 Å². The molecule has 23 heavy (non-hydrogen) atoms. The molecule has 0 heterocycles. The summed E-state index contributed by atoms with van der Waals surface area (Å²) in [4.78, 5) is 20.5. The number of carbonyl (C=O) groups excluding carboxylic acids is 1. The van der Waals surface area contributed by atoms with Gasteiger partial charge in [0.2, 0.25) is 0 Å². The third-order valence-corrected chi connectivity index (χ3v) is 3.48. The number of benzene rings is 2. The summed E-state index contributed by atoms with van der Waals surface area (Å²) in [7, 11) is 0. The minimum absolute atomic E-state index is 0.101. The second-order valence-electron chi connectivity index (χ2n) is 5.40. The zero-order valence-corrected chi connectivity index (χ0v) is 13.4. The first-order valence-electron chi connectivity index (χ1n) is 7.89. The Morgan fingerprint density at radius 2 is 1.52 bits per heavy atom. The van der Waals surface area contributed by atoms with Gasteiger partial charge in [0, 0.05) is 19.0 Å². The molecule has 2 aromatic rings. The highest BCUT2D eigenvalue weighted by Crippen LogP contribution is 2.05. The van der Waals surface area contributed by atoms with Crippen molar-refractivity contribution in [1.82, 2.24) is 0 Å². The Bertz CT molecular complexity index is 648. The molecule has 0 N–H and O–H groups in total. The number of nitrogens with zero attached hydrogens (tertiary/aromatic N) is 2. The van der Waals surface area contributed by atoms with E-state index in [1.165, 1.54) is 0 Å². The SMILES string of the molecule is CC(=O)C(CCC/N=C/c1ccccc1)/N=C/c1ccccc1. The highest BCUT2D eigenvalue weighted by atomic mass is 16.1. The molecule has 0 spiro atoms. The molecule has 0 bridgehead atoms. The minimum atomic E-state index is -0.276. The molecule has 0 aliphatic rings. The smallest absolute Gasteiger partial charge is 0.154 e. The van der Waals surface area contributed by atoms with Crippen LogP contribution in [0.15, 0.2) is 70.6 Å². The lowest BCUT2D eigenvalue weighted by Crippen LogP contribution is -2.15. The highest BCUT2D eigenvalue weighted by molar-refractivity contribution is 5.86. The maximum atomic E-state index is 11.7. The molecule has 0 saturated carbocycles. The number of carbonyl (C=O) groups is 1. The van der Waals surface area contributed by atoms with Crippen molar-refractivity contribution in [2.24, 2.45) is 9.98 Å². The van der Waals surface area contributed by atoms with Crippen LogP contribution >= 0.6 is 0 Å². The molecule has 118 valence electrons. The lowest BCUT2D eigenvalue weighted by molar-refractivity contribution is -0.118. The lowest BCUT2D eigenvalue weighted by Gasteiger charge is -2.07. The first kappa shape index (κ1) is 16.8. The van der Waals surface area contributed by atoms with E-state index < -0.39 is 0 Å². The van der Waals surface area contributed by atoms with Gasteiger partial charge in [0.05, 0.1) is 0 Å². The van der Waals surface area contributed by atoms with Crippen LogP contribution < -0.4 is 0 Å². The fraction of sp³-hybridized carbons (Fsp3) is 0.250. The van der Waals surface area contributed by atoms with Gasteiger partial charge in [-0.1, -0.05) is 60.7 Å². The van der Waals surface area contributed by atoms with Crippen molar-refractivity contribution < 1.29 is 4.79 Å². The summed E-state index contributed by atoms with van der Waals surface area (Å²) in [6.07, 6.45) is 5.22. The van der Waals surface area contributed by atoms with Gasteiger partial charge in [-0.3, -0.25) is 14.8 Å². The van der Waals surface area contributed by atoms with Crippen LogP contribution in [0.3, 0.4) is 0 Å². The fourth-order valence-corrected chi connectivity index (χ4v) is 2.18. The van der Waals surface area contributed by atoms with Gasteiger partial charge >= 0.3 is 0 Å². The van der Waals surface area contributed by atoms with E-state index in [9.17, 15) is 4.79 Å². The summed E-state index contributed by atoms with van der Waals surface area (Å²) in [6.45, 7) is 2.31. The van der Waals surface area contributed by atoms with Crippen molar-refractivity contribution in [3.05, 3.63) is 71.8 Å². The summed E-state index contributed by atoms with van der Waals surface area (Å²) in [5, 5.41) is 0. The lowest BCUT2D eigenvalue weighted by atomic mass is 10.1. The van der Waals surface area contributed by atoms with Gasteiger partial charge in [-0.25, -0.2) is 0 Å². The van der Waals surface area contributed by atoms with Crippen LogP contribution in [0, 0.1) is 0 Å². The van der Waals surface area contributed by atoms with Crippen LogP contribution in [0.5, 0.6) is 0 Å². The topological polar surface area (TPSA) is 41.8 Å². The van der Waals surface area contributed by atoms with Crippen LogP contribution in [0.1, 0.15) is 30.9 Å². The van der Waals surface area contributed by atoms with Gasteiger partial charge in [0.1, 0.15) is 6.04 Å². The molecule has 0 aliphatic carbocycles. The number of hydrogen-bond acceptors (Lipinski definition) is 3. The number of aliphatic imine (C=N–C) groups is 2. The standard InChI is InChI=1S/C20H22N2O/c1-17(23)20(22-16-19-11-6-3-7-12-19)13-8-14-21-15-18-9-4-2-5-10-18/h2-7,9-12,15-16,20H,8,13-14H2,1H3/b21-15+,22-16+. The first-order valence-corrected chi connectivity index (χ1v) is 7.89. The molecule has 0 radical (unpaired) electrons. The molecule has 2 rings (SSSR count). The summed E-state index contributed by atoms with van der Waals surface area (Å²) in [6, 6.07) is 19.6. The first-order chi connectivity index (χ1) is 11.3. The number of Topliss-reactive ketones (excluding diaryl/α,β-unsaturated/α-hetero) is 1. The highest BCUT2D eigenvalue weighted by Gasteiger charge is 2.10. The van der Waals surface area contributed by atoms with Crippen molar-refractivity contribution in [1.29, 1.82) is 0 Å². The minimum Gasteiger partial charge on any atom is -0.298 e. The van der Waals surface area contributed by atoms with E-state index in [-0.39, 0.29) is 11.8 Å². The Labute approximate surface area is 137 Å². The van der Waals surface area contributed by atoms with Gasteiger partial charge in [-0.2, -0.15) is 0 Å². The summed E-state index contributed by atoms with van der Waals surface area (Å²) >= 11 is 0. The quantitative estimate of drug-likeness (QED) is 0.537. The average molecular weight is 306 g/mol. The normalized spacial score (nSPS) is 12.7. The monoisotopic (exact) mass is 306 g/mol. The maximum Gasteiger partial charge on any atom is 0.154 e. The largest absolute Gasteiger partial charge is 0.298 e. The van der Waals surface area contributed by atoms with Gasteiger partial charge in [0.15, 0.2) is 5.78 Å². The van der Waals surface area contributed by atoms with E-state index in [1.807, 2.05) is 66.9 Å². The van der Waals surface area contributed by atoms with E-state index in [1.54, 1.807) is 13.1 Å². The van der Waals surface area contributed by atoms with Crippen molar-refractivity contribution in [2.45, 2.75) is 25.8 Å². The third-order valence-electron chi connectivity index (χ3n) is 3.48. The molecule has 0 amide bonds. The molecule has 1 unspecified atom stereocenters. The molecule has 0 saturated heterocycles. The maximum absolute atomic E-state index is 11.7.